The molecule has 0 unspecified atom stereocenters. The fourth-order valence-corrected chi connectivity index (χ4v) is 2.31. The predicted octanol–water partition coefficient (Wildman–Crippen LogP) is 1.50. The van der Waals surface area contributed by atoms with E-state index in [4.69, 9.17) is 0 Å². The molecule has 0 atom stereocenters. The van der Waals surface area contributed by atoms with Gasteiger partial charge in [0, 0.05) is 12.1 Å². The molecule has 1 aromatic heterocycles. The molecule has 1 saturated carbocycles. The van der Waals surface area contributed by atoms with Gasteiger partial charge in [0.25, 0.3) is 11.0 Å². The number of ketones is 1. The minimum Gasteiger partial charge on any atom is -0.326 e. The van der Waals surface area contributed by atoms with E-state index in [-0.39, 0.29) is 17.3 Å². The van der Waals surface area contributed by atoms with Crippen molar-refractivity contribution in [2.45, 2.75) is 32.1 Å². The normalized spacial score (nSPS) is 16.7. The van der Waals surface area contributed by atoms with Crippen molar-refractivity contribution in [3.05, 3.63) is 44.5 Å². The van der Waals surface area contributed by atoms with E-state index >= 15 is 0 Å². The summed E-state index contributed by atoms with van der Waals surface area (Å²) in [6, 6.07) is 2.97. The van der Waals surface area contributed by atoms with Crippen LogP contribution in [0.1, 0.15) is 42.5 Å². The number of Topliss-reactive ketones (excluding diaryl/α,β-unsaturated/α-hetero) is 1. The Kier molecular flexibility index (Phi) is 3.52. The van der Waals surface area contributed by atoms with E-state index < -0.39 is 11.0 Å². The van der Waals surface area contributed by atoms with Gasteiger partial charge < -0.3 is 4.98 Å². The van der Waals surface area contributed by atoms with Crippen LogP contribution in [-0.2, 0) is 0 Å². The summed E-state index contributed by atoms with van der Waals surface area (Å²) in [5, 5.41) is 0. The van der Waals surface area contributed by atoms with Crippen molar-refractivity contribution in [2.24, 2.45) is 5.92 Å². The molecule has 2 rings (SSSR count). The molecular weight excluding hydrogens is 218 g/mol. The summed E-state index contributed by atoms with van der Waals surface area (Å²) in [5.41, 5.74) is -1.41. The van der Waals surface area contributed by atoms with Crippen molar-refractivity contribution >= 4 is 5.78 Å². The molecule has 4 nitrogen and oxygen atoms in total. The molecule has 1 heterocycles. The Morgan fingerprint density at radius 1 is 1.18 bits per heavy atom. The van der Waals surface area contributed by atoms with Gasteiger partial charge >= 0.3 is 0 Å². The first kappa shape index (κ1) is 11.8. The number of carbonyl (C=O) groups excluding carboxylic acids is 1. The summed E-state index contributed by atoms with van der Waals surface area (Å²) >= 11 is 0. The largest absolute Gasteiger partial charge is 0.326 e. The maximum Gasteiger partial charge on any atom is 0.296 e. The standard InChI is InChI=1S/C13H15NO3/c15-11(9-5-2-1-3-6-9)10-7-4-8-14-13(17)12(10)16/h4,7-9H,1-3,5-6H2,(H,14,16,17). The monoisotopic (exact) mass is 233 g/mol. The van der Waals surface area contributed by atoms with Crippen molar-refractivity contribution in [2.75, 3.05) is 0 Å². The summed E-state index contributed by atoms with van der Waals surface area (Å²) in [6.45, 7) is 0. The Balaban J connectivity index is 2.38. The first-order chi connectivity index (χ1) is 8.20. The van der Waals surface area contributed by atoms with Crippen LogP contribution in [0.2, 0.25) is 0 Å². The molecule has 0 aliphatic heterocycles. The number of carbonyl (C=O) groups is 1. The maximum atomic E-state index is 12.2. The molecular formula is C13H15NO3. The van der Waals surface area contributed by atoms with Crippen LogP contribution in [0.15, 0.2) is 27.9 Å². The molecule has 1 aliphatic rings. The predicted molar refractivity (Wildman–Crippen MR) is 64.2 cm³/mol. The van der Waals surface area contributed by atoms with Gasteiger partial charge in [-0.3, -0.25) is 14.4 Å². The second-order valence-electron chi connectivity index (χ2n) is 4.44. The van der Waals surface area contributed by atoms with Crippen molar-refractivity contribution < 1.29 is 4.79 Å². The highest BCUT2D eigenvalue weighted by Crippen LogP contribution is 2.25. The Morgan fingerprint density at radius 3 is 2.59 bits per heavy atom. The zero-order valence-electron chi connectivity index (χ0n) is 9.57. The average molecular weight is 233 g/mol. The molecule has 0 amide bonds. The number of hydrogen-bond donors (Lipinski definition) is 1. The molecule has 4 heteroatoms. The third kappa shape index (κ3) is 2.52. The lowest BCUT2D eigenvalue weighted by Gasteiger charge is -2.19. The third-order valence-corrected chi connectivity index (χ3v) is 3.27. The molecule has 1 aliphatic carbocycles. The van der Waals surface area contributed by atoms with Crippen molar-refractivity contribution in [1.29, 1.82) is 0 Å². The smallest absolute Gasteiger partial charge is 0.296 e. The summed E-state index contributed by atoms with van der Waals surface area (Å²) in [5.74, 6) is -0.255. The van der Waals surface area contributed by atoms with E-state index in [1.807, 2.05) is 0 Å². The second kappa shape index (κ2) is 5.08. The molecule has 90 valence electrons. The lowest BCUT2D eigenvalue weighted by molar-refractivity contribution is 0.0888. The van der Waals surface area contributed by atoms with Gasteiger partial charge in [0.05, 0.1) is 5.56 Å². The van der Waals surface area contributed by atoms with Gasteiger partial charge in [-0.05, 0) is 25.0 Å². The quantitative estimate of drug-likeness (QED) is 0.621. The Bertz CT molecular complexity index is 527. The third-order valence-electron chi connectivity index (χ3n) is 3.27. The molecule has 0 spiro atoms. The number of hydrogen-bond acceptors (Lipinski definition) is 3. The number of nitrogens with one attached hydrogen (secondary N) is 1. The average Bonchev–Trinajstić information content (AvgIpc) is 2.53. The Morgan fingerprint density at radius 2 is 1.88 bits per heavy atom. The van der Waals surface area contributed by atoms with E-state index in [2.05, 4.69) is 4.98 Å². The van der Waals surface area contributed by atoms with E-state index in [9.17, 15) is 14.4 Å². The number of aromatic nitrogens is 1. The van der Waals surface area contributed by atoms with Crippen molar-refractivity contribution in [1.82, 2.24) is 4.98 Å². The van der Waals surface area contributed by atoms with E-state index in [0.29, 0.717) is 0 Å². The lowest BCUT2D eigenvalue weighted by atomic mass is 9.84. The molecule has 0 aromatic carbocycles. The Labute approximate surface area is 98.7 Å². The topological polar surface area (TPSA) is 67.0 Å². The molecule has 1 N–H and O–H groups in total. The highest BCUT2D eigenvalue weighted by molar-refractivity contribution is 5.97. The SMILES string of the molecule is O=C(c1ccc[nH]c(=O)c1=O)C1CCCCC1. The van der Waals surface area contributed by atoms with Crippen LogP contribution in [0.4, 0.5) is 0 Å². The number of aromatic amines is 1. The molecule has 1 fully saturated rings. The van der Waals surface area contributed by atoms with E-state index in [1.165, 1.54) is 18.3 Å². The first-order valence-electron chi connectivity index (χ1n) is 5.96. The van der Waals surface area contributed by atoms with Gasteiger partial charge in [0.1, 0.15) is 0 Å². The van der Waals surface area contributed by atoms with Crippen LogP contribution in [0, 0.1) is 5.92 Å². The molecule has 0 radical (unpaired) electrons. The minimum absolute atomic E-state index is 0.0307. The van der Waals surface area contributed by atoms with Crippen LogP contribution in [-0.4, -0.2) is 10.8 Å². The van der Waals surface area contributed by atoms with Gasteiger partial charge in [-0.2, -0.15) is 0 Å². The zero-order chi connectivity index (χ0) is 12.3. The van der Waals surface area contributed by atoms with E-state index in [0.717, 1.165) is 32.1 Å². The fraction of sp³-hybridized carbons (Fsp3) is 0.462. The van der Waals surface area contributed by atoms with Crippen LogP contribution in [0.5, 0.6) is 0 Å². The summed E-state index contributed by atoms with van der Waals surface area (Å²) in [4.78, 5) is 37.5. The summed E-state index contributed by atoms with van der Waals surface area (Å²) < 4.78 is 0. The van der Waals surface area contributed by atoms with Crippen LogP contribution < -0.4 is 11.0 Å². The molecule has 0 bridgehead atoms. The summed E-state index contributed by atoms with van der Waals surface area (Å²) in [7, 11) is 0. The van der Waals surface area contributed by atoms with Crippen LogP contribution in [0.25, 0.3) is 0 Å². The van der Waals surface area contributed by atoms with Crippen LogP contribution in [0.3, 0.4) is 0 Å². The first-order valence-corrected chi connectivity index (χ1v) is 5.96. The Hall–Kier alpha value is -1.71. The minimum atomic E-state index is -0.728. The van der Waals surface area contributed by atoms with Gasteiger partial charge in [-0.1, -0.05) is 19.3 Å². The van der Waals surface area contributed by atoms with Gasteiger partial charge in [0.2, 0.25) is 0 Å². The molecule has 1 aromatic rings. The molecule has 0 saturated heterocycles. The van der Waals surface area contributed by atoms with Gasteiger partial charge in [-0.15, -0.1) is 0 Å². The van der Waals surface area contributed by atoms with Crippen molar-refractivity contribution in [3.63, 3.8) is 0 Å². The second-order valence-corrected chi connectivity index (χ2v) is 4.44. The van der Waals surface area contributed by atoms with Gasteiger partial charge in [0.15, 0.2) is 5.78 Å². The molecule has 17 heavy (non-hydrogen) atoms. The highest BCUT2D eigenvalue weighted by atomic mass is 16.2. The fourth-order valence-electron chi connectivity index (χ4n) is 2.31. The van der Waals surface area contributed by atoms with Crippen molar-refractivity contribution in [3.8, 4) is 0 Å². The van der Waals surface area contributed by atoms with Crippen LogP contribution >= 0.6 is 0 Å². The zero-order valence-corrected chi connectivity index (χ0v) is 9.57. The number of H-pyrrole nitrogens is 1. The lowest BCUT2D eigenvalue weighted by Crippen LogP contribution is -2.31. The number of rotatable bonds is 2. The van der Waals surface area contributed by atoms with Gasteiger partial charge in [-0.25, -0.2) is 0 Å². The highest BCUT2D eigenvalue weighted by Gasteiger charge is 2.24. The maximum absolute atomic E-state index is 12.2. The summed E-state index contributed by atoms with van der Waals surface area (Å²) in [6.07, 6.45) is 6.24. The van der Waals surface area contributed by atoms with E-state index in [1.54, 1.807) is 0 Å².